The molecule has 120 valence electrons. The Labute approximate surface area is 139 Å². The van der Waals surface area contributed by atoms with Gasteiger partial charge in [-0.15, -0.1) is 12.4 Å². The van der Waals surface area contributed by atoms with E-state index in [1.807, 2.05) is 18.2 Å². The summed E-state index contributed by atoms with van der Waals surface area (Å²) in [4.78, 5) is 0. The van der Waals surface area contributed by atoms with Crippen LogP contribution in [0.3, 0.4) is 0 Å². The van der Waals surface area contributed by atoms with E-state index in [0.29, 0.717) is 0 Å². The Bertz CT molecular complexity index is 546. The molecule has 0 bridgehead atoms. The molecule has 0 fully saturated rings. The van der Waals surface area contributed by atoms with Crippen LogP contribution in [-0.2, 0) is 12.8 Å². The molecular weight excluding hydrogens is 298 g/mol. The standard InChI is InChI=1S/C18H23NO2.ClH/c1-20-17-9-8-16(14-18(17)21-2)11-13-19-12-10-15-6-4-3-5-7-15;/h3-9,14,19H,10-13H2,1-2H3;1H. The van der Waals surface area contributed by atoms with Gasteiger partial charge in [-0.3, -0.25) is 0 Å². The normalized spacial score (nSPS) is 9.91. The lowest BCUT2D eigenvalue weighted by Crippen LogP contribution is -2.20. The minimum absolute atomic E-state index is 0. The van der Waals surface area contributed by atoms with Gasteiger partial charge in [0.05, 0.1) is 14.2 Å². The minimum Gasteiger partial charge on any atom is -0.493 e. The van der Waals surface area contributed by atoms with Gasteiger partial charge >= 0.3 is 0 Å². The van der Waals surface area contributed by atoms with E-state index in [9.17, 15) is 0 Å². The number of benzene rings is 2. The Morgan fingerprint density at radius 3 is 2.05 bits per heavy atom. The molecule has 2 aromatic rings. The van der Waals surface area contributed by atoms with Gasteiger partial charge in [0, 0.05) is 0 Å². The molecule has 0 aliphatic heterocycles. The fraction of sp³-hybridized carbons (Fsp3) is 0.333. The molecule has 0 amide bonds. The van der Waals surface area contributed by atoms with Crippen LogP contribution in [0.25, 0.3) is 0 Å². The number of hydrogen-bond donors (Lipinski definition) is 1. The monoisotopic (exact) mass is 321 g/mol. The maximum Gasteiger partial charge on any atom is 0.160 e. The summed E-state index contributed by atoms with van der Waals surface area (Å²) in [6.07, 6.45) is 2.04. The summed E-state index contributed by atoms with van der Waals surface area (Å²) < 4.78 is 10.6. The number of hydrogen-bond acceptors (Lipinski definition) is 3. The smallest absolute Gasteiger partial charge is 0.160 e. The van der Waals surface area contributed by atoms with E-state index < -0.39 is 0 Å². The lowest BCUT2D eigenvalue weighted by molar-refractivity contribution is 0.354. The SMILES string of the molecule is COc1ccc(CCNCCc2ccccc2)cc1OC.Cl. The number of halogens is 1. The Hall–Kier alpha value is -1.71. The fourth-order valence-corrected chi connectivity index (χ4v) is 2.27. The Morgan fingerprint density at radius 2 is 1.41 bits per heavy atom. The molecule has 0 unspecified atom stereocenters. The number of ether oxygens (including phenoxy) is 2. The fourth-order valence-electron chi connectivity index (χ4n) is 2.27. The van der Waals surface area contributed by atoms with Crippen molar-refractivity contribution in [3.8, 4) is 11.5 Å². The lowest BCUT2D eigenvalue weighted by atomic mass is 10.1. The second kappa shape index (κ2) is 10.1. The molecule has 0 spiro atoms. The van der Waals surface area contributed by atoms with E-state index in [1.54, 1.807) is 14.2 Å². The van der Waals surface area contributed by atoms with Crippen LogP contribution in [0.4, 0.5) is 0 Å². The molecule has 0 aliphatic carbocycles. The molecule has 22 heavy (non-hydrogen) atoms. The first-order valence-electron chi connectivity index (χ1n) is 7.29. The average molecular weight is 322 g/mol. The predicted octanol–water partition coefficient (Wildman–Crippen LogP) is 3.50. The largest absolute Gasteiger partial charge is 0.493 e. The van der Waals surface area contributed by atoms with Crippen LogP contribution in [-0.4, -0.2) is 27.3 Å². The highest BCUT2D eigenvalue weighted by molar-refractivity contribution is 5.85. The van der Waals surface area contributed by atoms with Crippen molar-refractivity contribution in [2.45, 2.75) is 12.8 Å². The first-order valence-corrected chi connectivity index (χ1v) is 7.29. The van der Waals surface area contributed by atoms with E-state index in [2.05, 4.69) is 35.6 Å². The van der Waals surface area contributed by atoms with Crippen LogP contribution in [0, 0.1) is 0 Å². The summed E-state index contributed by atoms with van der Waals surface area (Å²) in [7, 11) is 3.32. The topological polar surface area (TPSA) is 30.5 Å². The quantitative estimate of drug-likeness (QED) is 0.755. The summed E-state index contributed by atoms with van der Waals surface area (Å²) in [6.45, 7) is 1.96. The highest BCUT2D eigenvalue weighted by atomic mass is 35.5. The molecule has 0 radical (unpaired) electrons. The van der Waals surface area contributed by atoms with Crippen LogP contribution < -0.4 is 14.8 Å². The molecule has 3 nitrogen and oxygen atoms in total. The van der Waals surface area contributed by atoms with Crippen LogP contribution in [0.15, 0.2) is 48.5 Å². The van der Waals surface area contributed by atoms with Gasteiger partial charge in [-0.05, 0) is 49.2 Å². The van der Waals surface area contributed by atoms with Crippen molar-refractivity contribution in [3.63, 3.8) is 0 Å². The van der Waals surface area contributed by atoms with Gasteiger partial charge in [0.1, 0.15) is 0 Å². The van der Waals surface area contributed by atoms with Crippen molar-refractivity contribution in [3.05, 3.63) is 59.7 Å². The first-order chi connectivity index (χ1) is 10.3. The van der Waals surface area contributed by atoms with Gasteiger partial charge in [0.2, 0.25) is 0 Å². The molecule has 0 aliphatic rings. The highest BCUT2D eigenvalue weighted by Gasteiger charge is 2.04. The highest BCUT2D eigenvalue weighted by Crippen LogP contribution is 2.27. The van der Waals surface area contributed by atoms with E-state index >= 15 is 0 Å². The van der Waals surface area contributed by atoms with Crippen LogP contribution in [0.2, 0.25) is 0 Å². The van der Waals surface area contributed by atoms with Crippen LogP contribution in [0.5, 0.6) is 11.5 Å². The molecular formula is C18H24ClNO2. The summed E-state index contributed by atoms with van der Waals surface area (Å²) >= 11 is 0. The summed E-state index contributed by atoms with van der Waals surface area (Å²) in [5.74, 6) is 1.57. The molecule has 2 aromatic carbocycles. The molecule has 1 N–H and O–H groups in total. The number of rotatable bonds is 8. The lowest BCUT2D eigenvalue weighted by Gasteiger charge is -2.10. The second-order valence-electron chi connectivity index (χ2n) is 4.92. The third-order valence-corrected chi connectivity index (χ3v) is 3.47. The van der Waals surface area contributed by atoms with E-state index in [-0.39, 0.29) is 12.4 Å². The maximum absolute atomic E-state index is 5.32. The molecule has 0 saturated heterocycles. The summed E-state index contributed by atoms with van der Waals surface area (Å²) in [6, 6.07) is 16.6. The van der Waals surface area contributed by atoms with Crippen molar-refractivity contribution in [1.82, 2.24) is 5.32 Å². The Morgan fingerprint density at radius 1 is 0.773 bits per heavy atom. The Balaban J connectivity index is 0.00000242. The third-order valence-electron chi connectivity index (χ3n) is 3.47. The minimum atomic E-state index is 0. The zero-order chi connectivity index (χ0) is 14.9. The van der Waals surface area contributed by atoms with Crippen molar-refractivity contribution in [2.75, 3.05) is 27.3 Å². The number of nitrogens with one attached hydrogen (secondary N) is 1. The van der Waals surface area contributed by atoms with Gasteiger partial charge in [0.15, 0.2) is 11.5 Å². The van der Waals surface area contributed by atoms with E-state index in [1.165, 1.54) is 11.1 Å². The predicted molar refractivity (Wildman–Crippen MR) is 93.5 cm³/mol. The van der Waals surface area contributed by atoms with Crippen LogP contribution in [0.1, 0.15) is 11.1 Å². The van der Waals surface area contributed by atoms with E-state index in [4.69, 9.17) is 9.47 Å². The summed E-state index contributed by atoms with van der Waals surface area (Å²) in [5.41, 5.74) is 2.62. The van der Waals surface area contributed by atoms with Gasteiger partial charge in [-0.25, -0.2) is 0 Å². The molecule has 0 aromatic heterocycles. The van der Waals surface area contributed by atoms with Crippen molar-refractivity contribution < 1.29 is 9.47 Å². The Kier molecular flexibility index (Phi) is 8.41. The first kappa shape index (κ1) is 18.3. The van der Waals surface area contributed by atoms with Gasteiger partial charge in [-0.2, -0.15) is 0 Å². The third kappa shape index (κ3) is 5.58. The summed E-state index contributed by atoms with van der Waals surface area (Å²) in [5, 5.41) is 3.48. The second-order valence-corrected chi connectivity index (χ2v) is 4.92. The molecule has 0 saturated carbocycles. The van der Waals surface area contributed by atoms with Crippen LogP contribution >= 0.6 is 12.4 Å². The maximum atomic E-state index is 5.32. The van der Waals surface area contributed by atoms with Gasteiger partial charge in [-0.1, -0.05) is 36.4 Å². The number of methoxy groups -OCH3 is 2. The van der Waals surface area contributed by atoms with Crippen molar-refractivity contribution in [2.24, 2.45) is 0 Å². The van der Waals surface area contributed by atoms with E-state index in [0.717, 1.165) is 37.4 Å². The average Bonchev–Trinajstić information content (AvgIpc) is 2.55. The molecule has 4 heteroatoms. The van der Waals surface area contributed by atoms with Crippen molar-refractivity contribution in [1.29, 1.82) is 0 Å². The molecule has 0 heterocycles. The zero-order valence-corrected chi connectivity index (χ0v) is 14.0. The van der Waals surface area contributed by atoms with Gasteiger partial charge < -0.3 is 14.8 Å². The molecule has 0 atom stereocenters. The van der Waals surface area contributed by atoms with Gasteiger partial charge in [0.25, 0.3) is 0 Å². The zero-order valence-electron chi connectivity index (χ0n) is 13.2. The molecule has 2 rings (SSSR count). The van der Waals surface area contributed by atoms with Crippen molar-refractivity contribution >= 4 is 12.4 Å².